The summed E-state index contributed by atoms with van der Waals surface area (Å²) in [5.41, 5.74) is 8.53. The van der Waals surface area contributed by atoms with Gasteiger partial charge in [0.25, 0.3) is 0 Å². The number of nitrogens with zero attached hydrogens (tertiary/aromatic N) is 2. The minimum Gasteiger partial charge on any atom is -0.444 e. The van der Waals surface area contributed by atoms with Crippen LogP contribution in [0.1, 0.15) is 42.2 Å². The van der Waals surface area contributed by atoms with E-state index in [0.29, 0.717) is 18.9 Å². The lowest BCUT2D eigenvalue weighted by Crippen LogP contribution is -2.41. The largest absolute Gasteiger partial charge is 0.444 e. The van der Waals surface area contributed by atoms with Crippen LogP contribution in [0.15, 0.2) is 28.7 Å². The van der Waals surface area contributed by atoms with E-state index < -0.39 is 0 Å². The minimum absolute atomic E-state index is 0.194. The van der Waals surface area contributed by atoms with Gasteiger partial charge in [-0.25, -0.2) is 4.98 Å². The molecule has 1 aliphatic rings. The van der Waals surface area contributed by atoms with Crippen molar-refractivity contribution in [2.75, 3.05) is 4.90 Å². The quantitative estimate of drug-likeness (QED) is 0.945. The second kappa shape index (κ2) is 5.48. The van der Waals surface area contributed by atoms with Crippen LogP contribution in [0.4, 0.5) is 5.69 Å². The molecule has 2 aromatic rings. The van der Waals surface area contributed by atoms with Gasteiger partial charge in [-0.15, -0.1) is 0 Å². The van der Waals surface area contributed by atoms with E-state index in [4.69, 9.17) is 10.2 Å². The van der Waals surface area contributed by atoms with E-state index in [0.717, 1.165) is 22.7 Å². The summed E-state index contributed by atoms with van der Waals surface area (Å²) < 4.78 is 5.71. The van der Waals surface area contributed by atoms with Crippen LogP contribution in [-0.4, -0.2) is 16.9 Å². The minimum atomic E-state index is -0.262. The molecule has 0 saturated carbocycles. The van der Waals surface area contributed by atoms with Gasteiger partial charge >= 0.3 is 0 Å². The van der Waals surface area contributed by atoms with Gasteiger partial charge in [0.2, 0.25) is 11.8 Å². The first-order chi connectivity index (χ1) is 10.5. The molecule has 1 amide bonds. The Hall–Kier alpha value is -2.30. The molecule has 0 radical (unpaired) electrons. The molecule has 0 aliphatic carbocycles. The topological polar surface area (TPSA) is 72.4 Å². The fourth-order valence-electron chi connectivity index (χ4n) is 3.14. The molecule has 0 bridgehead atoms. The van der Waals surface area contributed by atoms with Crippen molar-refractivity contribution >= 4 is 11.6 Å². The van der Waals surface area contributed by atoms with Crippen LogP contribution in [0.2, 0.25) is 0 Å². The number of hydrogen-bond donors (Lipinski definition) is 1. The molecule has 22 heavy (non-hydrogen) atoms. The number of primary amides is 1. The molecule has 2 heterocycles. The number of oxazole rings is 1. The second-order valence-electron chi connectivity index (χ2n) is 5.98. The van der Waals surface area contributed by atoms with Gasteiger partial charge in [-0.3, -0.25) is 4.79 Å². The van der Waals surface area contributed by atoms with E-state index in [2.05, 4.69) is 16.8 Å². The number of benzene rings is 1. The predicted octanol–water partition coefficient (Wildman–Crippen LogP) is 2.66. The fourth-order valence-corrected chi connectivity index (χ4v) is 3.14. The number of carbonyl (C=O) groups is 1. The maximum atomic E-state index is 11.7. The number of fused-ring (bicyclic) bond motifs is 1. The second-order valence-corrected chi connectivity index (χ2v) is 5.98. The SMILES string of the molecule is Cc1nc(CN2c3ccccc3[C@H](C(N)=O)C[C@H]2C)oc1C. The maximum absolute atomic E-state index is 11.7. The average molecular weight is 299 g/mol. The van der Waals surface area contributed by atoms with Crippen LogP contribution in [0, 0.1) is 13.8 Å². The number of aromatic nitrogens is 1. The number of carbonyl (C=O) groups excluding carboxylic acids is 1. The summed E-state index contributed by atoms with van der Waals surface area (Å²) >= 11 is 0. The summed E-state index contributed by atoms with van der Waals surface area (Å²) in [7, 11) is 0. The molecule has 116 valence electrons. The zero-order valence-electron chi connectivity index (χ0n) is 13.2. The maximum Gasteiger partial charge on any atom is 0.225 e. The third-order valence-electron chi connectivity index (χ3n) is 4.45. The summed E-state index contributed by atoms with van der Waals surface area (Å²) in [6, 6.07) is 8.13. The van der Waals surface area contributed by atoms with E-state index in [-0.39, 0.29) is 17.9 Å². The Kier molecular flexibility index (Phi) is 3.64. The molecule has 2 atom stereocenters. The van der Waals surface area contributed by atoms with Crippen molar-refractivity contribution in [2.24, 2.45) is 5.73 Å². The molecule has 5 heteroatoms. The molecule has 5 nitrogen and oxygen atoms in total. The standard InChI is InChI=1S/C17H21N3O2/c1-10-8-14(17(18)21)13-6-4-5-7-15(13)20(10)9-16-19-11(2)12(3)22-16/h4-7,10,14H,8-9H2,1-3H3,(H2,18,21)/t10-,14-/m1/s1. The van der Waals surface area contributed by atoms with Crippen molar-refractivity contribution in [1.29, 1.82) is 0 Å². The van der Waals surface area contributed by atoms with Gasteiger partial charge in [0.05, 0.1) is 18.2 Å². The molecule has 1 aliphatic heterocycles. The third-order valence-corrected chi connectivity index (χ3v) is 4.45. The number of rotatable bonds is 3. The number of nitrogens with two attached hydrogens (primary N) is 1. The van der Waals surface area contributed by atoms with Crippen molar-refractivity contribution in [2.45, 2.75) is 45.7 Å². The highest BCUT2D eigenvalue weighted by molar-refractivity contribution is 5.85. The van der Waals surface area contributed by atoms with E-state index in [1.807, 2.05) is 38.1 Å². The van der Waals surface area contributed by atoms with Crippen LogP contribution in [0.5, 0.6) is 0 Å². The highest BCUT2D eigenvalue weighted by Gasteiger charge is 2.33. The van der Waals surface area contributed by atoms with Crippen molar-refractivity contribution in [3.05, 3.63) is 47.2 Å². The smallest absolute Gasteiger partial charge is 0.225 e. The predicted molar refractivity (Wildman–Crippen MR) is 84.6 cm³/mol. The number of hydrogen-bond acceptors (Lipinski definition) is 4. The summed E-state index contributed by atoms with van der Waals surface area (Å²) in [6.07, 6.45) is 0.713. The zero-order chi connectivity index (χ0) is 15.9. The van der Waals surface area contributed by atoms with E-state index in [9.17, 15) is 4.79 Å². The molecule has 0 fully saturated rings. The highest BCUT2D eigenvalue weighted by Crippen LogP contribution is 2.38. The van der Waals surface area contributed by atoms with Crippen molar-refractivity contribution < 1.29 is 9.21 Å². The summed E-state index contributed by atoms with van der Waals surface area (Å²) in [6.45, 7) is 6.56. The normalized spacial score (nSPS) is 20.8. The molecule has 1 aromatic heterocycles. The lowest BCUT2D eigenvalue weighted by molar-refractivity contribution is -0.119. The van der Waals surface area contributed by atoms with Crippen LogP contribution in [0.25, 0.3) is 0 Å². The average Bonchev–Trinajstić information content (AvgIpc) is 2.80. The van der Waals surface area contributed by atoms with Gasteiger partial charge in [-0.1, -0.05) is 18.2 Å². The van der Waals surface area contributed by atoms with Crippen LogP contribution in [0.3, 0.4) is 0 Å². The number of aryl methyl sites for hydroxylation is 2. The molecular formula is C17H21N3O2. The van der Waals surface area contributed by atoms with Crippen molar-refractivity contribution in [1.82, 2.24) is 4.98 Å². The summed E-state index contributed by atoms with van der Waals surface area (Å²) in [4.78, 5) is 18.4. The molecule has 0 saturated heterocycles. The first-order valence-electron chi connectivity index (χ1n) is 7.55. The first-order valence-corrected chi connectivity index (χ1v) is 7.55. The number of para-hydroxylation sites is 1. The fraction of sp³-hybridized carbons (Fsp3) is 0.412. The molecule has 0 spiro atoms. The van der Waals surface area contributed by atoms with Crippen LogP contribution in [-0.2, 0) is 11.3 Å². The Morgan fingerprint density at radius 1 is 1.41 bits per heavy atom. The molecular weight excluding hydrogens is 278 g/mol. The molecule has 1 aromatic carbocycles. The van der Waals surface area contributed by atoms with Gasteiger partial charge < -0.3 is 15.1 Å². The van der Waals surface area contributed by atoms with E-state index in [1.165, 1.54) is 0 Å². The van der Waals surface area contributed by atoms with Gasteiger partial charge in [0.15, 0.2) is 0 Å². The van der Waals surface area contributed by atoms with Crippen molar-refractivity contribution in [3.8, 4) is 0 Å². The Balaban J connectivity index is 1.97. The third kappa shape index (κ3) is 2.47. The van der Waals surface area contributed by atoms with Gasteiger partial charge in [0.1, 0.15) is 5.76 Å². The number of amides is 1. The monoisotopic (exact) mass is 299 g/mol. The first kappa shape index (κ1) is 14.6. The zero-order valence-corrected chi connectivity index (χ0v) is 13.2. The Morgan fingerprint density at radius 3 is 2.77 bits per heavy atom. The Bertz CT molecular complexity index is 688. The van der Waals surface area contributed by atoms with Gasteiger partial charge in [-0.2, -0.15) is 0 Å². The lowest BCUT2D eigenvalue weighted by Gasteiger charge is -2.39. The number of anilines is 1. The molecule has 0 unspecified atom stereocenters. The molecule has 3 rings (SSSR count). The van der Waals surface area contributed by atoms with E-state index >= 15 is 0 Å². The lowest BCUT2D eigenvalue weighted by atomic mass is 9.85. The van der Waals surface area contributed by atoms with Crippen molar-refractivity contribution in [3.63, 3.8) is 0 Å². The van der Waals surface area contributed by atoms with Crippen LogP contribution >= 0.6 is 0 Å². The van der Waals surface area contributed by atoms with Crippen LogP contribution < -0.4 is 10.6 Å². The summed E-state index contributed by atoms with van der Waals surface area (Å²) in [5.74, 6) is 1.06. The molecule has 2 N–H and O–H groups in total. The van der Waals surface area contributed by atoms with Gasteiger partial charge in [-0.05, 0) is 38.8 Å². The van der Waals surface area contributed by atoms with E-state index in [1.54, 1.807) is 0 Å². The Labute approximate surface area is 130 Å². The summed E-state index contributed by atoms with van der Waals surface area (Å²) in [5, 5.41) is 0. The Morgan fingerprint density at radius 2 is 2.14 bits per heavy atom. The van der Waals surface area contributed by atoms with Gasteiger partial charge in [0, 0.05) is 11.7 Å². The highest BCUT2D eigenvalue weighted by atomic mass is 16.4.